The summed E-state index contributed by atoms with van der Waals surface area (Å²) in [6, 6.07) is 5.09. The van der Waals surface area contributed by atoms with Gasteiger partial charge < -0.3 is 0 Å². The van der Waals surface area contributed by atoms with Gasteiger partial charge in [0.1, 0.15) is 16.4 Å². The number of hydrogen-bond acceptors (Lipinski definition) is 7. The molecule has 0 saturated carbocycles. The molecular formula is C18H17FN4O3S2. The third-order valence-electron chi connectivity index (χ3n) is 3.83. The molecule has 28 heavy (non-hydrogen) atoms. The fraction of sp³-hybridized carbons (Fsp3) is 0.222. The normalized spacial score (nSPS) is 11.5. The molecule has 1 N–H and O–H groups in total. The lowest BCUT2D eigenvalue weighted by atomic mass is 10.1. The Labute approximate surface area is 165 Å². The fourth-order valence-electron chi connectivity index (χ4n) is 2.39. The Morgan fingerprint density at radius 2 is 1.93 bits per heavy atom. The average molecular weight is 420 g/mol. The zero-order valence-electron chi connectivity index (χ0n) is 14.9. The van der Waals surface area contributed by atoms with Gasteiger partial charge >= 0.3 is 0 Å². The number of carbonyl (C=O) groups is 1. The van der Waals surface area contributed by atoms with Gasteiger partial charge in [0, 0.05) is 17.5 Å². The number of aromatic nitrogens is 3. The SMILES string of the molecule is Cc1ncc(CCC(=O)c2cnc(CNS(=O)(=O)c3ccccc3F)cn2)s1. The fourth-order valence-corrected chi connectivity index (χ4v) is 4.26. The first-order valence-corrected chi connectivity index (χ1v) is 10.6. The molecule has 146 valence electrons. The summed E-state index contributed by atoms with van der Waals surface area (Å²) in [5, 5.41) is 0.949. The van der Waals surface area contributed by atoms with Gasteiger partial charge in [-0.05, 0) is 25.5 Å². The lowest BCUT2D eigenvalue weighted by Gasteiger charge is -2.07. The van der Waals surface area contributed by atoms with E-state index < -0.39 is 20.7 Å². The summed E-state index contributed by atoms with van der Waals surface area (Å²) < 4.78 is 40.3. The number of thiazole rings is 1. The molecule has 0 saturated heterocycles. The van der Waals surface area contributed by atoms with Crippen molar-refractivity contribution >= 4 is 27.1 Å². The number of aryl methyl sites for hydroxylation is 2. The number of halogens is 1. The largest absolute Gasteiger partial charge is 0.292 e. The van der Waals surface area contributed by atoms with Crippen LogP contribution in [-0.2, 0) is 23.0 Å². The van der Waals surface area contributed by atoms with Gasteiger partial charge in [-0.25, -0.2) is 27.5 Å². The van der Waals surface area contributed by atoms with Crippen LogP contribution in [0.4, 0.5) is 4.39 Å². The summed E-state index contributed by atoms with van der Waals surface area (Å²) in [5.41, 5.74) is 0.525. The van der Waals surface area contributed by atoms with Gasteiger partial charge in [-0.15, -0.1) is 11.3 Å². The third-order valence-corrected chi connectivity index (χ3v) is 6.24. The minimum atomic E-state index is -4.02. The second kappa shape index (κ2) is 8.63. The van der Waals surface area contributed by atoms with Crippen LogP contribution in [0.1, 0.15) is 32.5 Å². The number of ketones is 1. The molecule has 0 aliphatic carbocycles. The molecule has 0 fully saturated rings. The smallest absolute Gasteiger partial charge is 0.243 e. The van der Waals surface area contributed by atoms with Crippen LogP contribution in [0.25, 0.3) is 0 Å². The molecule has 0 spiro atoms. The molecule has 0 radical (unpaired) electrons. The number of hydrogen-bond donors (Lipinski definition) is 1. The number of benzene rings is 1. The van der Waals surface area contributed by atoms with Crippen molar-refractivity contribution in [1.29, 1.82) is 0 Å². The predicted molar refractivity (Wildman–Crippen MR) is 102 cm³/mol. The van der Waals surface area contributed by atoms with E-state index >= 15 is 0 Å². The third kappa shape index (κ3) is 5.03. The Morgan fingerprint density at radius 1 is 1.14 bits per heavy atom. The first-order valence-electron chi connectivity index (χ1n) is 8.35. The lowest BCUT2D eigenvalue weighted by Crippen LogP contribution is -2.24. The topological polar surface area (TPSA) is 102 Å². The molecule has 1 aromatic carbocycles. The first-order chi connectivity index (χ1) is 13.3. The summed E-state index contributed by atoms with van der Waals surface area (Å²) in [7, 11) is -4.02. The Morgan fingerprint density at radius 3 is 2.57 bits per heavy atom. The minimum Gasteiger partial charge on any atom is -0.292 e. The minimum absolute atomic E-state index is 0.156. The van der Waals surface area contributed by atoms with Crippen LogP contribution < -0.4 is 4.72 Å². The Bertz CT molecular complexity index is 1080. The van der Waals surface area contributed by atoms with Crippen LogP contribution >= 0.6 is 11.3 Å². The summed E-state index contributed by atoms with van der Waals surface area (Å²) >= 11 is 1.54. The van der Waals surface area contributed by atoms with Crippen LogP contribution in [-0.4, -0.2) is 29.2 Å². The Balaban J connectivity index is 1.58. The van der Waals surface area contributed by atoms with Crippen LogP contribution in [0.15, 0.2) is 47.8 Å². The summed E-state index contributed by atoms with van der Waals surface area (Å²) in [5.74, 6) is -0.991. The first kappa shape index (κ1) is 20.2. The zero-order chi connectivity index (χ0) is 20.1. The standard InChI is InChI=1S/C18H17FN4O3S2/c1-12-20-10-14(27-12)6-7-17(24)16-11-21-13(8-22-16)9-23-28(25,26)18-5-3-2-4-15(18)19/h2-5,8,10-11,23H,6-7,9H2,1H3. The number of nitrogens with one attached hydrogen (secondary N) is 1. The summed E-state index contributed by atoms with van der Waals surface area (Å²) in [6.45, 7) is 1.74. The maximum absolute atomic E-state index is 13.7. The highest BCUT2D eigenvalue weighted by molar-refractivity contribution is 7.89. The van der Waals surface area contributed by atoms with E-state index in [0.29, 0.717) is 12.1 Å². The molecular weight excluding hydrogens is 403 g/mol. The van der Waals surface area contributed by atoms with Gasteiger partial charge in [0.05, 0.1) is 29.6 Å². The summed E-state index contributed by atoms with van der Waals surface area (Å²) in [4.78, 5) is 25.1. The van der Waals surface area contributed by atoms with Gasteiger partial charge in [0.25, 0.3) is 0 Å². The second-order valence-corrected chi connectivity index (χ2v) is 8.97. The van der Waals surface area contributed by atoms with Crippen molar-refractivity contribution < 1.29 is 17.6 Å². The molecule has 0 aliphatic heterocycles. The van der Waals surface area contributed by atoms with Crippen molar-refractivity contribution in [1.82, 2.24) is 19.7 Å². The van der Waals surface area contributed by atoms with E-state index in [-0.39, 0.29) is 24.4 Å². The van der Waals surface area contributed by atoms with E-state index in [1.54, 1.807) is 17.5 Å². The van der Waals surface area contributed by atoms with E-state index in [1.165, 1.54) is 30.6 Å². The molecule has 2 heterocycles. The van der Waals surface area contributed by atoms with Crippen molar-refractivity contribution in [2.45, 2.75) is 31.2 Å². The highest BCUT2D eigenvalue weighted by atomic mass is 32.2. The molecule has 0 amide bonds. The van der Waals surface area contributed by atoms with E-state index in [0.717, 1.165) is 16.0 Å². The number of Topliss-reactive ketones (excluding diaryl/α,β-unsaturated/α-hetero) is 1. The van der Waals surface area contributed by atoms with Gasteiger partial charge in [-0.3, -0.25) is 9.78 Å². The van der Waals surface area contributed by atoms with Crippen molar-refractivity contribution in [3.63, 3.8) is 0 Å². The van der Waals surface area contributed by atoms with E-state index in [9.17, 15) is 17.6 Å². The van der Waals surface area contributed by atoms with Gasteiger partial charge in [-0.1, -0.05) is 12.1 Å². The quantitative estimate of drug-likeness (QED) is 0.562. The summed E-state index contributed by atoms with van der Waals surface area (Å²) in [6.07, 6.45) is 5.26. The maximum atomic E-state index is 13.7. The van der Waals surface area contributed by atoms with Gasteiger partial charge in [0.2, 0.25) is 10.0 Å². The average Bonchev–Trinajstić information content (AvgIpc) is 3.10. The van der Waals surface area contributed by atoms with Gasteiger partial charge in [-0.2, -0.15) is 0 Å². The van der Waals surface area contributed by atoms with E-state index in [4.69, 9.17) is 0 Å². The molecule has 3 rings (SSSR count). The van der Waals surface area contributed by atoms with Crippen LogP contribution in [0.5, 0.6) is 0 Å². The highest BCUT2D eigenvalue weighted by Gasteiger charge is 2.18. The van der Waals surface area contributed by atoms with E-state index in [2.05, 4.69) is 19.7 Å². The molecule has 2 aromatic heterocycles. The molecule has 3 aromatic rings. The molecule has 10 heteroatoms. The lowest BCUT2D eigenvalue weighted by molar-refractivity contribution is 0.0978. The molecule has 0 bridgehead atoms. The van der Waals surface area contributed by atoms with E-state index in [1.807, 2.05) is 6.92 Å². The van der Waals surface area contributed by atoms with Gasteiger partial charge in [0.15, 0.2) is 5.78 Å². The van der Waals surface area contributed by atoms with Crippen LogP contribution in [0.3, 0.4) is 0 Å². The van der Waals surface area contributed by atoms with Crippen molar-refractivity contribution in [2.24, 2.45) is 0 Å². The van der Waals surface area contributed by atoms with Crippen LogP contribution in [0.2, 0.25) is 0 Å². The number of rotatable bonds is 8. The Hall–Kier alpha value is -2.56. The second-order valence-electron chi connectivity index (χ2n) is 5.92. The molecule has 7 nitrogen and oxygen atoms in total. The van der Waals surface area contributed by atoms with Crippen LogP contribution in [0, 0.1) is 12.7 Å². The monoisotopic (exact) mass is 420 g/mol. The highest BCUT2D eigenvalue weighted by Crippen LogP contribution is 2.15. The molecule has 0 atom stereocenters. The maximum Gasteiger partial charge on any atom is 0.243 e. The van der Waals surface area contributed by atoms with Crippen molar-refractivity contribution in [2.75, 3.05) is 0 Å². The number of nitrogens with zero attached hydrogens (tertiary/aromatic N) is 3. The number of sulfonamides is 1. The van der Waals surface area contributed by atoms with Crippen molar-refractivity contribution in [3.05, 3.63) is 69.9 Å². The zero-order valence-corrected chi connectivity index (χ0v) is 16.6. The van der Waals surface area contributed by atoms with Crippen molar-refractivity contribution in [3.8, 4) is 0 Å². The number of carbonyl (C=O) groups excluding carboxylic acids is 1. The molecule has 0 aliphatic rings. The molecule has 0 unspecified atom stereocenters. The Kier molecular flexibility index (Phi) is 6.22. The predicted octanol–water partition coefficient (Wildman–Crippen LogP) is 2.67.